The molecule has 1 N–H and O–H groups in total. The number of nitrogens with one attached hydrogen (secondary N) is 1. The second-order valence-corrected chi connectivity index (χ2v) is 6.55. The van der Waals surface area contributed by atoms with Gasteiger partial charge in [0, 0.05) is 0 Å². The molecule has 0 unspecified atom stereocenters. The highest BCUT2D eigenvalue weighted by Crippen LogP contribution is 2.48. The van der Waals surface area contributed by atoms with Gasteiger partial charge in [0.25, 0.3) is 0 Å². The maximum absolute atomic E-state index is 3.51. The van der Waals surface area contributed by atoms with Crippen LogP contribution in [0.3, 0.4) is 0 Å². The number of rotatable bonds is 2. The lowest BCUT2D eigenvalue weighted by Crippen LogP contribution is -2.19. The molecule has 1 nitrogen and oxygen atoms in total. The van der Waals surface area contributed by atoms with Gasteiger partial charge < -0.3 is 0 Å². The fourth-order valence-electron chi connectivity index (χ4n) is 1.50. The highest BCUT2D eigenvalue weighted by molar-refractivity contribution is 8.32. The summed E-state index contributed by atoms with van der Waals surface area (Å²) in [5, 5.41) is 0. The molecule has 0 atom stereocenters. The molecule has 0 aromatic heterocycles. The second-order valence-electron chi connectivity index (χ2n) is 2.65. The van der Waals surface area contributed by atoms with Gasteiger partial charge in [0.1, 0.15) is 0 Å². The molecule has 0 radical (unpaired) electrons. The first-order valence-corrected chi connectivity index (χ1v) is 5.92. The molecule has 56 valence electrons. The maximum Gasteiger partial charge on any atom is -0.00712 e. The van der Waals surface area contributed by atoms with Crippen LogP contribution < -0.4 is 4.72 Å². The van der Waals surface area contributed by atoms with Gasteiger partial charge >= 0.3 is 0 Å². The lowest BCUT2D eigenvalue weighted by Gasteiger charge is -2.33. The minimum atomic E-state index is -0.287. The average molecular weight is 147 g/mol. The Morgan fingerprint density at radius 2 is 1.89 bits per heavy atom. The highest BCUT2D eigenvalue weighted by Gasteiger charge is 2.23. The average Bonchev–Trinajstić information content (AvgIpc) is 2.36. The molecule has 1 saturated heterocycles. The van der Waals surface area contributed by atoms with E-state index in [4.69, 9.17) is 0 Å². The minimum Gasteiger partial charge on any atom is -0.284 e. The van der Waals surface area contributed by atoms with Crippen LogP contribution in [0, 0.1) is 0 Å². The normalized spacial score (nSPS) is 28.2. The van der Waals surface area contributed by atoms with E-state index in [-0.39, 0.29) is 10.2 Å². The number of hydrogen-bond donors (Lipinski definition) is 1. The summed E-state index contributed by atoms with van der Waals surface area (Å²) in [6.45, 7) is 2.32. The molecule has 0 aromatic carbocycles. The van der Waals surface area contributed by atoms with E-state index >= 15 is 0 Å². The Bertz CT molecular complexity index is 80.9. The molecule has 9 heavy (non-hydrogen) atoms. The Labute approximate surface area is 59.7 Å². The largest absolute Gasteiger partial charge is 0.284 e. The van der Waals surface area contributed by atoms with Crippen molar-refractivity contribution in [3.63, 3.8) is 0 Å². The molecule has 0 aromatic rings. The molecule has 0 aliphatic carbocycles. The van der Waals surface area contributed by atoms with E-state index in [9.17, 15) is 0 Å². The monoisotopic (exact) mass is 147 g/mol. The van der Waals surface area contributed by atoms with Crippen LogP contribution in [0.15, 0.2) is 0 Å². The Hall–Kier alpha value is 0.310. The molecule has 1 aliphatic heterocycles. The molecule has 1 aliphatic rings. The summed E-state index contributed by atoms with van der Waals surface area (Å²) >= 11 is 0. The lowest BCUT2D eigenvalue weighted by molar-refractivity contribution is 0.949. The van der Waals surface area contributed by atoms with Gasteiger partial charge in [-0.3, -0.25) is 4.72 Å². The van der Waals surface area contributed by atoms with Gasteiger partial charge in [0.05, 0.1) is 0 Å². The molecule has 1 fully saturated rings. The van der Waals surface area contributed by atoms with Crippen molar-refractivity contribution in [3.05, 3.63) is 0 Å². The molecule has 2 heteroatoms. The summed E-state index contributed by atoms with van der Waals surface area (Å²) in [4.78, 5) is 0. The van der Waals surface area contributed by atoms with Crippen LogP contribution >= 0.6 is 10.2 Å². The summed E-state index contributed by atoms with van der Waals surface area (Å²) < 4.78 is 3.51. The van der Waals surface area contributed by atoms with Crippen molar-refractivity contribution in [3.8, 4) is 0 Å². The molecule has 1 rings (SSSR count). The van der Waals surface area contributed by atoms with E-state index in [0.29, 0.717) is 0 Å². The first-order valence-electron chi connectivity index (χ1n) is 3.78. The van der Waals surface area contributed by atoms with Crippen LogP contribution in [-0.2, 0) is 0 Å². The predicted octanol–water partition coefficient (Wildman–Crippen LogP) is 1.74. The van der Waals surface area contributed by atoms with Gasteiger partial charge in [0.15, 0.2) is 0 Å². The third-order valence-electron chi connectivity index (χ3n) is 2.31. The molecular formula is C7H17NS. The summed E-state index contributed by atoms with van der Waals surface area (Å²) in [5.74, 6) is 4.32. The van der Waals surface area contributed by atoms with Crippen molar-refractivity contribution >= 4 is 10.2 Å². The van der Waals surface area contributed by atoms with Gasteiger partial charge in [-0.25, -0.2) is 0 Å². The van der Waals surface area contributed by atoms with Crippen LogP contribution in [0.2, 0.25) is 0 Å². The zero-order valence-corrected chi connectivity index (χ0v) is 7.26. The van der Waals surface area contributed by atoms with E-state index in [2.05, 4.69) is 18.7 Å². The summed E-state index contributed by atoms with van der Waals surface area (Å²) in [6, 6.07) is 0. The van der Waals surface area contributed by atoms with Crippen molar-refractivity contribution in [2.24, 2.45) is 0 Å². The standard InChI is InChI=1S/C7H17NS/c1-3-9(8-2)6-4-5-7-9/h8H,3-7H2,1-2H3. The van der Waals surface area contributed by atoms with Crippen molar-refractivity contribution in [2.45, 2.75) is 19.8 Å². The van der Waals surface area contributed by atoms with Crippen LogP contribution in [0.1, 0.15) is 19.8 Å². The third-order valence-corrected chi connectivity index (χ3v) is 6.42. The predicted molar refractivity (Wildman–Crippen MR) is 46.2 cm³/mol. The number of hydrogen-bond acceptors (Lipinski definition) is 1. The van der Waals surface area contributed by atoms with E-state index < -0.39 is 0 Å². The molecular weight excluding hydrogens is 130 g/mol. The summed E-state index contributed by atoms with van der Waals surface area (Å²) in [7, 11) is 1.84. The summed E-state index contributed by atoms with van der Waals surface area (Å²) in [5.41, 5.74) is 0. The Morgan fingerprint density at radius 1 is 1.33 bits per heavy atom. The zero-order chi connectivity index (χ0) is 6.74. The van der Waals surface area contributed by atoms with Crippen molar-refractivity contribution < 1.29 is 0 Å². The van der Waals surface area contributed by atoms with E-state index in [1.165, 1.54) is 30.1 Å². The second kappa shape index (κ2) is 2.93. The van der Waals surface area contributed by atoms with Gasteiger partial charge in [-0.2, -0.15) is 10.2 Å². The Morgan fingerprint density at radius 3 is 2.11 bits per heavy atom. The quantitative estimate of drug-likeness (QED) is 0.627. The van der Waals surface area contributed by atoms with Crippen LogP contribution in [0.4, 0.5) is 0 Å². The molecule has 0 saturated carbocycles. The topological polar surface area (TPSA) is 12.0 Å². The van der Waals surface area contributed by atoms with Crippen LogP contribution in [0.5, 0.6) is 0 Å². The molecule has 0 bridgehead atoms. The fraction of sp³-hybridized carbons (Fsp3) is 1.00. The Kier molecular flexibility index (Phi) is 2.42. The summed E-state index contributed by atoms with van der Waals surface area (Å²) in [6.07, 6.45) is 2.92. The van der Waals surface area contributed by atoms with Crippen molar-refractivity contribution in [2.75, 3.05) is 24.3 Å². The SMILES string of the molecule is CCS1(NC)CCCC1. The zero-order valence-electron chi connectivity index (χ0n) is 6.44. The molecule has 0 amide bonds. The van der Waals surface area contributed by atoms with Gasteiger partial charge in [-0.05, 0) is 37.1 Å². The van der Waals surface area contributed by atoms with Crippen molar-refractivity contribution in [1.29, 1.82) is 0 Å². The first-order chi connectivity index (χ1) is 4.33. The third kappa shape index (κ3) is 1.41. The lowest BCUT2D eigenvalue weighted by atomic mass is 10.4. The highest BCUT2D eigenvalue weighted by atomic mass is 32.3. The van der Waals surface area contributed by atoms with Gasteiger partial charge in [-0.15, -0.1) is 0 Å². The smallest absolute Gasteiger partial charge is 0.00712 e. The van der Waals surface area contributed by atoms with E-state index in [1.54, 1.807) is 0 Å². The fourth-order valence-corrected chi connectivity index (χ4v) is 4.49. The van der Waals surface area contributed by atoms with Gasteiger partial charge in [0.2, 0.25) is 0 Å². The van der Waals surface area contributed by atoms with Gasteiger partial charge in [-0.1, -0.05) is 6.92 Å². The maximum atomic E-state index is 3.51. The Balaban J connectivity index is 2.45. The minimum absolute atomic E-state index is 0.287. The first kappa shape index (κ1) is 7.42. The van der Waals surface area contributed by atoms with Crippen LogP contribution in [0.25, 0.3) is 0 Å². The van der Waals surface area contributed by atoms with Crippen LogP contribution in [-0.4, -0.2) is 24.3 Å². The van der Waals surface area contributed by atoms with E-state index in [1.807, 2.05) is 0 Å². The molecule has 1 heterocycles. The van der Waals surface area contributed by atoms with E-state index in [0.717, 1.165) is 0 Å². The van der Waals surface area contributed by atoms with Crippen molar-refractivity contribution in [1.82, 2.24) is 4.72 Å². The molecule has 0 spiro atoms.